The molecule has 4 aromatic rings. The molecule has 7 nitrogen and oxygen atoms in total. The summed E-state index contributed by atoms with van der Waals surface area (Å²) in [7, 11) is -0.640. The molecular weight excluding hydrogens is 488 g/mol. The molecule has 8 heteroatoms. The van der Waals surface area contributed by atoms with E-state index in [2.05, 4.69) is 17.4 Å². The number of methoxy groups -OCH3 is 2. The lowest BCUT2D eigenvalue weighted by atomic mass is 10.0. The Balaban J connectivity index is 1.38. The normalized spacial score (nSPS) is 12.4. The van der Waals surface area contributed by atoms with E-state index in [1.807, 2.05) is 18.2 Å². The Hall–Kier alpha value is -4.04. The summed E-state index contributed by atoms with van der Waals surface area (Å²) in [5, 5.41) is 5.34. The van der Waals surface area contributed by atoms with Crippen molar-refractivity contribution in [2.45, 2.75) is 19.4 Å². The van der Waals surface area contributed by atoms with Crippen LogP contribution in [0.4, 0.5) is 11.4 Å². The number of hydrogen-bond donors (Lipinski definition) is 1. The van der Waals surface area contributed by atoms with Gasteiger partial charge in [0.25, 0.3) is 5.91 Å². The second-order valence-electron chi connectivity index (χ2n) is 9.07. The van der Waals surface area contributed by atoms with Gasteiger partial charge in [0.15, 0.2) is 0 Å². The molecule has 37 heavy (non-hydrogen) atoms. The zero-order chi connectivity index (χ0) is 26.2. The number of hydrogen-bond acceptors (Lipinski definition) is 5. The number of benzene rings is 4. The van der Waals surface area contributed by atoms with Gasteiger partial charge in [0.05, 0.1) is 32.7 Å². The molecule has 0 radical (unpaired) electrons. The van der Waals surface area contributed by atoms with Gasteiger partial charge in [-0.2, -0.15) is 0 Å². The molecular formula is C29H28N2O5S. The Morgan fingerprint density at radius 1 is 0.919 bits per heavy atom. The van der Waals surface area contributed by atoms with Gasteiger partial charge in [-0.1, -0.05) is 36.4 Å². The average molecular weight is 517 g/mol. The summed E-state index contributed by atoms with van der Waals surface area (Å²) in [5.74, 6) is 0.701. The van der Waals surface area contributed by atoms with Crippen LogP contribution in [0.3, 0.4) is 0 Å². The zero-order valence-corrected chi connectivity index (χ0v) is 21.8. The Kier molecular flexibility index (Phi) is 6.52. The molecule has 0 saturated carbocycles. The minimum absolute atomic E-state index is 0.0686. The third-order valence-electron chi connectivity index (χ3n) is 6.72. The SMILES string of the molecule is COc1ccc(OC)c(N(Cc2ccc(C(=O)Nc3ccc4c5c(cccc35)CC4)cc2)S(C)(=O)=O)c1. The van der Waals surface area contributed by atoms with E-state index in [0.29, 0.717) is 22.7 Å². The highest BCUT2D eigenvalue weighted by Crippen LogP contribution is 2.36. The molecule has 0 aromatic heterocycles. The van der Waals surface area contributed by atoms with Crippen LogP contribution in [0.2, 0.25) is 0 Å². The largest absolute Gasteiger partial charge is 0.497 e. The first kappa shape index (κ1) is 24.6. The third-order valence-corrected chi connectivity index (χ3v) is 7.85. The van der Waals surface area contributed by atoms with E-state index in [9.17, 15) is 13.2 Å². The van der Waals surface area contributed by atoms with Crippen LogP contribution in [0.1, 0.15) is 27.0 Å². The molecule has 1 aliphatic rings. The van der Waals surface area contributed by atoms with E-state index >= 15 is 0 Å². The summed E-state index contributed by atoms with van der Waals surface area (Å²) >= 11 is 0. The highest BCUT2D eigenvalue weighted by molar-refractivity contribution is 7.92. The highest BCUT2D eigenvalue weighted by atomic mass is 32.2. The molecule has 0 unspecified atom stereocenters. The smallest absolute Gasteiger partial charge is 0.255 e. The van der Waals surface area contributed by atoms with E-state index < -0.39 is 10.0 Å². The predicted octanol–water partition coefficient (Wildman–Crippen LogP) is 5.17. The lowest BCUT2D eigenvalue weighted by Crippen LogP contribution is -2.29. The maximum Gasteiger partial charge on any atom is 0.255 e. The van der Waals surface area contributed by atoms with Crippen LogP contribution in [0.5, 0.6) is 11.5 Å². The van der Waals surface area contributed by atoms with E-state index in [0.717, 1.165) is 35.7 Å². The molecule has 1 amide bonds. The number of carbonyl (C=O) groups excluding carboxylic acids is 1. The third kappa shape index (κ3) is 4.84. The number of sulfonamides is 1. The molecule has 190 valence electrons. The fourth-order valence-electron chi connectivity index (χ4n) is 4.85. The van der Waals surface area contributed by atoms with Crippen molar-refractivity contribution in [1.82, 2.24) is 0 Å². The van der Waals surface area contributed by atoms with Gasteiger partial charge in [-0.15, -0.1) is 0 Å². The van der Waals surface area contributed by atoms with Gasteiger partial charge in [0, 0.05) is 22.7 Å². The summed E-state index contributed by atoms with van der Waals surface area (Å²) in [6.07, 6.45) is 3.20. The Morgan fingerprint density at radius 3 is 2.32 bits per heavy atom. The molecule has 0 aliphatic heterocycles. The molecule has 0 fully saturated rings. The van der Waals surface area contributed by atoms with Gasteiger partial charge in [-0.05, 0) is 65.3 Å². The van der Waals surface area contributed by atoms with E-state index in [1.54, 1.807) is 42.5 Å². The topological polar surface area (TPSA) is 84.9 Å². The fourth-order valence-corrected chi connectivity index (χ4v) is 5.73. The molecule has 0 spiro atoms. The first-order valence-electron chi connectivity index (χ1n) is 11.9. The van der Waals surface area contributed by atoms with E-state index in [-0.39, 0.29) is 12.5 Å². The van der Waals surface area contributed by atoms with E-state index in [1.165, 1.54) is 35.0 Å². The van der Waals surface area contributed by atoms with Crippen LogP contribution in [-0.2, 0) is 29.4 Å². The molecule has 5 rings (SSSR count). The van der Waals surface area contributed by atoms with Crippen LogP contribution in [0.15, 0.2) is 72.8 Å². The molecule has 0 bridgehead atoms. The van der Waals surface area contributed by atoms with Gasteiger partial charge in [-0.25, -0.2) is 8.42 Å². The van der Waals surface area contributed by atoms with Crippen molar-refractivity contribution in [2.75, 3.05) is 30.1 Å². The first-order chi connectivity index (χ1) is 17.8. The minimum Gasteiger partial charge on any atom is -0.497 e. The standard InChI is InChI=1S/C29H28N2O5S/c1-35-23-14-16-27(36-2)26(17-23)31(37(3,33)34)18-19-7-9-22(10-8-19)29(32)30-25-15-13-21-12-11-20-5-4-6-24(25)28(20)21/h4-10,13-17H,11-12,18H2,1-3H3,(H,30,32). The maximum atomic E-state index is 13.1. The number of nitrogens with zero attached hydrogens (tertiary/aromatic N) is 1. The molecule has 1 N–H and O–H groups in total. The second kappa shape index (κ2) is 9.78. The van der Waals surface area contributed by atoms with E-state index in [4.69, 9.17) is 9.47 Å². The lowest BCUT2D eigenvalue weighted by Gasteiger charge is -2.25. The number of nitrogens with one attached hydrogen (secondary N) is 1. The van der Waals surface area contributed by atoms with Gasteiger partial charge in [0.1, 0.15) is 11.5 Å². The van der Waals surface area contributed by atoms with Crippen LogP contribution in [0, 0.1) is 0 Å². The van der Waals surface area contributed by atoms with Crippen molar-refractivity contribution in [3.05, 3.63) is 95.1 Å². The van der Waals surface area contributed by atoms with Crippen molar-refractivity contribution in [3.63, 3.8) is 0 Å². The second-order valence-corrected chi connectivity index (χ2v) is 11.0. The number of carbonyl (C=O) groups is 1. The van der Waals surface area contributed by atoms with Crippen molar-refractivity contribution >= 4 is 38.1 Å². The van der Waals surface area contributed by atoms with Crippen LogP contribution >= 0.6 is 0 Å². The van der Waals surface area contributed by atoms with Crippen LogP contribution in [0.25, 0.3) is 10.8 Å². The summed E-state index contributed by atoms with van der Waals surface area (Å²) in [6, 6.07) is 22.2. The summed E-state index contributed by atoms with van der Waals surface area (Å²) in [6.45, 7) is 0.0686. The quantitative estimate of drug-likeness (QED) is 0.349. The average Bonchev–Trinajstić information content (AvgIpc) is 3.32. The van der Waals surface area contributed by atoms with Crippen molar-refractivity contribution < 1.29 is 22.7 Å². The van der Waals surface area contributed by atoms with Gasteiger partial charge < -0.3 is 14.8 Å². The van der Waals surface area contributed by atoms with Crippen LogP contribution < -0.4 is 19.1 Å². The molecule has 0 atom stereocenters. The number of rotatable bonds is 8. The molecule has 1 aliphatic carbocycles. The van der Waals surface area contributed by atoms with Crippen LogP contribution in [-0.4, -0.2) is 34.8 Å². The Labute approximate surface area is 216 Å². The minimum atomic E-state index is -3.65. The highest BCUT2D eigenvalue weighted by Gasteiger charge is 2.23. The van der Waals surface area contributed by atoms with Crippen molar-refractivity contribution in [3.8, 4) is 11.5 Å². The molecule has 0 heterocycles. The Morgan fingerprint density at radius 2 is 1.65 bits per heavy atom. The zero-order valence-electron chi connectivity index (χ0n) is 20.9. The van der Waals surface area contributed by atoms with Gasteiger partial charge >= 0.3 is 0 Å². The summed E-state index contributed by atoms with van der Waals surface area (Å²) in [4.78, 5) is 13.1. The van der Waals surface area contributed by atoms with Crippen molar-refractivity contribution in [2.24, 2.45) is 0 Å². The monoisotopic (exact) mass is 516 g/mol. The summed E-state index contributed by atoms with van der Waals surface area (Å²) < 4.78 is 37.4. The number of ether oxygens (including phenoxy) is 2. The number of anilines is 2. The summed E-state index contributed by atoms with van der Waals surface area (Å²) in [5.41, 5.74) is 4.99. The number of amides is 1. The van der Waals surface area contributed by atoms with Gasteiger partial charge in [-0.3, -0.25) is 9.10 Å². The lowest BCUT2D eigenvalue weighted by molar-refractivity contribution is 0.102. The maximum absolute atomic E-state index is 13.1. The first-order valence-corrected chi connectivity index (χ1v) is 13.8. The van der Waals surface area contributed by atoms with Crippen molar-refractivity contribution in [1.29, 1.82) is 0 Å². The molecule has 4 aromatic carbocycles. The van der Waals surface area contributed by atoms with Gasteiger partial charge in [0.2, 0.25) is 10.0 Å². The Bertz CT molecular complexity index is 1590. The predicted molar refractivity (Wildman–Crippen MR) is 146 cm³/mol. The molecule has 0 saturated heterocycles. The number of aryl methyl sites for hydroxylation is 2. The fraction of sp³-hybridized carbons (Fsp3) is 0.207.